The van der Waals surface area contributed by atoms with Gasteiger partial charge in [0, 0.05) is 21.1 Å². The number of nitrogens with zero attached hydrogens (tertiary/aromatic N) is 4. The number of aromatic nitrogens is 2. The van der Waals surface area contributed by atoms with Crippen molar-refractivity contribution < 1.29 is 56.8 Å². The number of aryl methyl sites for hydroxylation is 3. The normalized spacial score (nSPS) is 10.1. The van der Waals surface area contributed by atoms with Crippen LogP contribution in [-0.2, 0) is 21.5 Å². The molecule has 0 aliphatic carbocycles. The number of hydrogen-bond donors (Lipinski definition) is 3. The first-order valence-electron chi connectivity index (χ1n) is 22.5. The lowest BCUT2D eigenvalue weighted by Gasteiger charge is -2.21. The van der Waals surface area contributed by atoms with Crippen molar-refractivity contribution in [1.82, 2.24) is 25.2 Å². The highest BCUT2D eigenvalue weighted by atomic mass is 19.1. The molecule has 74 heavy (non-hydrogen) atoms. The van der Waals surface area contributed by atoms with Gasteiger partial charge in [-0.3, -0.25) is 28.6 Å². The molecule has 17 nitrogen and oxygen atoms in total. The molecule has 20 heteroatoms. The van der Waals surface area contributed by atoms with Gasteiger partial charge in [0.05, 0.1) is 41.8 Å². The molecule has 0 aliphatic rings. The number of carboxylic acids is 1. The Labute approximate surface area is 431 Å². The number of carboxylic acid groups (broad SMARTS) is 1. The van der Waals surface area contributed by atoms with Crippen LogP contribution in [0.4, 0.5) is 18.0 Å². The third kappa shape index (κ3) is 13.6. The van der Waals surface area contributed by atoms with Crippen LogP contribution in [0.5, 0.6) is 0 Å². The molecule has 3 N–H and O–H groups in total. The maximum absolute atomic E-state index is 14.4. The number of amides is 4. The van der Waals surface area contributed by atoms with E-state index < -0.39 is 52.5 Å². The van der Waals surface area contributed by atoms with Gasteiger partial charge in [-0.2, -0.15) is 0 Å². The van der Waals surface area contributed by atoms with Gasteiger partial charge in [-0.1, -0.05) is 12.2 Å². The summed E-state index contributed by atoms with van der Waals surface area (Å²) in [5.74, 6) is -4.29. The van der Waals surface area contributed by atoms with E-state index in [1.54, 1.807) is 62.4 Å². The van der Waals surface area contributed by atoms with E-state index >= 15 is 0 Å². The second kappa shape index (κ2) is 28.2. The zero-order valence-corrected chi connectivity index (χ0v) is 46.0. The predicted octanol–water partition coefficient (Wildman–Crippen LogP) is 9.09. The lowest BCUT2D eigenvalue weighted by Crippen LogP contribution is -2.42. The van der Waals surface area contributed by atoms with Gasteiger partial charge in [-0.15, -0.1) is 5.06 Å². The Balaban J connectivity index is 0.000000939. The molecule has 5 rings (SSSR count). The predicted molar refractivity (Wildman–Crippen MR) is 281 cm³/mol. The molecule has 406 valence electrons. The Hall–Kier alpha value is -7.41. The summed E-state index contributed by atoms with van der Waals surface area (Å²) >= 11 is 0. The minimum absolute atomic E-state index is 0. The van der Waals surface area contributed by atoms with Crippen LogP contribution in [-0.4, -0.2) is 84.8 Å². The number of rotatable bonds is 6. The molecular formula is C54H73F3N6O11. The van der Waals surface area contributed by atoms with E-state index in [-0.39, 0.29) is 24.1 Å². The average Bonchev–Trinajstić information content (AvgIpc) is 3.35. The third-order valence-electron chi connectivity index (χ3n) is 13.6. The lowest BCUT2D eigenvalue weighted by atomic mass is 9.93. The number of isocyanates is 1. The molecule has 1 heterocycles. The molecule has 0 aliphatic heterocycles. The van der Waals surface area contributed by atoms with Crippen LogP contribution in [0.2, 0.25) is 0 Å². The van der Waals surface area contributed by atoms with Crippen molar-refractivity contribution in [3.05, 3.63) is 144 Å². The molecule has 0 spiro atoms. The van der Waals surface area contributed by atoms with Crippen molar-refractivity contribution >= 4 is 40.8 Å². The molecule has 0 bridgehead atoms. The van der Waals surface area contributed by atoms with Crippen LogP contribution in [0, 0.1) is 128 Å². The Kier molecular flexibility index (Phi) is 25.3. The number of fused-ring (bicyclic) bond motifs is 1. The average molecular weight is 1040 g/mol. The molecule has 4 aromatic carbocycles. The van der Waals surface area contributed by atoms with Crippen molar-refractivity contribution in [3.63, 3.8) is 0 Å². The van der Waals surface area contributed by atoms with Gasteiger partial charge >= 0.3 is 17.7 Å². The first-order valence-corrected chi connectivity index (χ1v) is 22.5. The summed E-state index contributed by atoms with van der Waals surface area (Å²) < 4.78 is 44.2. The van der Waals surface area contributed by atoms with E-state index in [0.717, 1.165) is 60.4 Å². The standard InChI is InChI=1S/C14H19FN2O3.C14H18N2O3.C12H16FNO2.C11H13FO2.C2H3NO.CH4/c1-7-8(2)10(4)12(15)11(9(7)3)13(18)17(20-6)14(19)16-5;1-7-8(2)10(4)12-11(9(7)3)13(17)16(19-6)14(18)15(12)5;1-6-7(2)9(4)11(13)10(8(6)3)12(15)14-16-5;1-5-6(2)8(4)10(12)9(7(5)3)11(13)14;1-3-2-4;/h1-6H3,(H,16,19);1-6H3;1-5H3,(H,14,15);1-4H3,(H,13,14);1H3;1H4. The molecule has 4 amide bonds. The number of benzene rings is 4. The molecule has 0 fully saturated rings. The fraction of sp³-hybridized carbons (Fsp3) is 0.426. The van der Waals surface area contributed by atoms with E-state index in [4.69, 9.17) is 19.6 Å². The Morgan fingerprint density at radius 3 is 1.31 bits per heavy atom. The van der Waals surface area contributed by atoms with Gasteiger partial charge in [0.2, 0.25) is 6.08 Å². The summed E-state index contributed by atoms with van der Waals surface area (Å²) in [6.07, 6.45) is 1.31. The van der Waals surface area contributed by atoms with Crippen molar-refractivity contribution in [2.45, 2.75) is 118 Å². The van der Waals surface area contributed by atoms with Crippen LogP contribution < -0.4 is 26.9 Å². The summed E-state index contributed by atoms with van der Waals surface area (Å²) in [5, 5.41) is 12.2. The maximum atomic E-state index is 14.4. The van der Waals surface area contributed by atoms with E-state index in [0.29, 0.717) is 49.3 Å². The second-order valence-electron chi connectivity index (χ2n) is 17.0. The van der Waals surface area contributed by atoms with Gasteiger partial charge in [-0.05, 0) is 200 Å². The van der Waals surface area contributed by atoms with E-state index in [9.17, 15) is 41.9 Å². The minimum atomic E-state index is -1.20. The Morgan fingerprint density at radius 2 is 0.946 bits per heavy atom. The minimum Gasteiger partial charge on any atom is -0.478 e. The fourth-order valence-electron chi connectivity index (χ4n) is 7.74. The molecule has 5 aromatic rings. The summed E-state index contributed by atoms with van der Waals surface area (Å²) in [6, 6.07) is -0.757. The topological polar surface area (TPSA) is 217 Å². The first-order chi connectivity index (χ1) is 33.8. The van der Waals surface area contributed by atoms with Crippen LogP contribution in [0.1, 0.15) is 128 Å². The zero-order valence-electron chi connectivity index (χ0n) is 46.0. The molecular weight excluding hydrogens is 966 g/mol. The summed E-state index contributed by atoms with van der Waals surface area (Å²) in [5.41, 5.74) is 13.8. The molecule has 0 radical (unpaired) electrons. The van der Waals surface area contributed by atoms with Gasteiger partial charge in [-0.25, -0.2) is 42.8 Å². The summed E-state index contributed by atoms with van der Waals surface area (Å²) in [7, 11) is 8.20. The SMILES string of the molecule is C.CN=C=O.CNC(=O)N(OC)C(=O)c1c(C)c(C)c(C)c(C)c1F.CONC(=O)c1c(C)c(C)c(C)c(C)c1F.COn1c(=O)c2c(C)c(C)c(C)c(C)c2n(C)c1=O.Cc1c(C)c(C)c(C(=O)O)c(F)c1C. The van der Waals surface area contributed by atoms with Crippen molar-refractivity contribution in [2.24, 2.45) is 12.0 Å². The number of halogens is 3. The van der Waals surface area contributed by atoms with Crippen LogP contribution in [0.15, 0.2) is 14.6 Å². The van der Waals surface area contributed by atoms with Gasteiger partial charge in [0.25, 0.3) is 17.4 Å². The van der Waals surface area contributed by atoms with Gasteiger partial charge in [0.1, 0.15) is 24.6 Å². The number of aliphatic imine (C=N–C) groups is 1. The van der Waals surface area contributed by atoms with Crippen molar-refractivity contribution in [1.29, 1.82) is 0 Å². The van der Waals surface area contributed by atoms with Gasteiger partial charge in [0.15, 0.2) is 0 Å². The smallest absolute Gasteiger partial charge is 0.364 e. The van der Waals surface area contributed by atoms with Crippen LogP contribution >= 0.6 is 0 Å². The van der Waals surface area contributed by atoms with Crippen LogP contribution in [0.25, 0.3) is 10.9 Å². The molecule has 0 unspecified atom stereocenters. The third-order valence-corrected chi connectivity index (χ3v) is 13.6. The van der Waals surface area contributed by atoms with E-state index in [2.05, 4.69) is 20.6 Å². The number of aromatic carboxylic acids is 1. The Bertz CT molecular complexity index is 3070. The maximum Gasteiger partial charge on any atom is 0.364 e. The summed E-state index contributed by atoms with van der Waals surface area (Å²) in [6.45, 7) is 28.6. The van der Waals surface area contributed by atoms with Crippen molar-refractivity contribution in [2.75, 3.05) is 35.4 Å². The summed E-state index contributed by atoms with van der Waals surface area (Å²) in [4.78, 5) is 96.8. The molecule has 0 atom stereocenters. The quantitative estimate of drug-likeness (QED) is 0.0828. The second-order valence-corrected chi connectivity index (χ2v) is 17.0. The number of hydroxylamine groups is 3. The largest absolute Gasteiger partial charge is 0.478 e. The number of carbonyl (C=O) groups excluding carboxylic acids is 4. The number of hydrogen-bond acceptors (Lipinski definition) is 11. The molecule has 1 aromatic heterocycles. The lowest BCUT2D eigenvalue weighted by molar-refractivity contribution is -0.0586. The van der Waals surface area contributed by atoms with E-state index in [1.807, 2.05) is 55.4 Å². The van der Waals surface area contributed by atoms with Crippen LogP contribution in [0.3, 0.4) is 0 Å². The zero-order chi connectivity index (χ0) is 57.0. The van der Waals surface area contributed by atoms with Crippen molar-refractivity contribution in [3.8, 4) is 0 Å². The highest BCUT2D eigenvalue weighted by molar-refractivity contribution is 6.04. The number of urea groups is 1. The highest BCUT2D eigenvalue weighted by Gasteiger charge is 2.29. The molecule has 0 saturated carbocycles. The van der Waals surface area contributed by atoms with E-state index in [1.165, 1.54) is 46.1 Å². The first kappa shape index (κ1) is 66.6. The number of nitrogens with one attached hydrogen (secondary N) is 2. The highest BCUT2D eigenvalue weighted by Crippen LogP contribution is 2.29. The number of imide groups is 1. The fourth-order valence-corrected chi connectivity index (χ4v) is 7.74. The number of carbonyl (C=O) groups is 4. The Morgan fingerprint density at radius 1 is 0.595 bits per heavy atom. The molecule has 0 saturated heterocycles. The van der Waals surface area contributed by atoms with Gasteiger partial charge < -0.3 is 15.3 Å². The monoisotopic (exact) mass is 1040 g/mol.